The van der Waals surface area contributed by atoms with Gasteiger partial charge >= 0.3 is 0 Å². The molecule has 1 aliphatic rings. The van der Waals surface area contributed by atoms with Crippen LogP contribution in [0.4, 0.5) is 0 Å². The summed E-state index contributed by atoms with van der Waals surface area (Å²) in [6.07, 6.45) is 0.877. The van der Waals surface area contributed by atoms with E-state index in [1.807, 2.05) is 25.1 Å². The zero-order valence-electron chi connectivity index (χ0n) is 8.95. The number of rotatable bonds is 2. The molecule has 1 heterocycles. The van der Waals surface area contributed by atoms with Gasteiger partial charge in [0, 0.05) is 12.5 Å². The lowest BCUT2D eigenvalue weighted by molar-refractivity contribution is 0.620. The summed E-state index contributed by atoms with van der Waals surface area (Å²) in [4.78, 5) is 4.52. The molecule has 2 aromatic rings. The van der Waals surface area contributed by atoms with E-state index >= 15 is 0 Å². The van der Waals surface area contributed by atoms with E-state index in [2.05, 4.69) is 15.6 Å². The minimum Gasteiger partial charge on any atom is -0.328 e. The van der Waals surface area contributed by atoms with E-state index in [9.17, 15) is 0 Å². The Morgan fingerprint density at radius 2 is 2.12 bits per heavy atom. The zero-order valence-corrected chi connectivity index (χ0v) is 10.5. The van der Waals surface area contributed by atoms with Crippen LogP contribution in [0.15, 0.2) is 24.3 Å². The maximum atomic E-state index is 6.06. The summed E-state index contributed by atoms with van der Waals surface area (Å²) in [5.74, 6) is 1.38. The molecule has 0 bridgehead atoms. The molecule has 1 aromatic heterocycles. The second kappa shape index (κ2) is 3.38. The number of alkyl halides is 2. The number of benzene rings is 1. The molecule has 1 unspecified atom stereocenters. The minimum atomic E-state index is -0.516. The van der Waals surface area contributed by atoms with Gasteiger partial charge in [0.2, 0.25) is 0 Å². The van der Waals surface area contributed by atoms with Crippen molar-refractivity contribution < 1.29 is 0 Å². The first-order valence-electron chi connectivity index (χ1n) is 5.37. The number of imidazole rings is 1. The van der Waals surface area contributed by atoms with E-state index in [1.54, 1.807) is 0 Å². The lowest BCUT2D eigenvalue weighted by Gasteiger charge is -2.06. The molecule has 0 spiro atoms. The maximum Gasteiger partial charge on any atom is 0.123 e. The van der Waals surface area contributed by atoms with Gasteiger partial charge in [0.05, 0.1) is 11.0 Å². The molecule has 84 valence electrons. The molecule has 0 N–H and O–H groups in total. The summed E-state index contributed by atoms with van der Waals surface area (Å²) >= 11 is 12.1. The van der Waals surface area contributed by atoms with E-state index in [0.717, 1.165) is 29.8 Å². The third kappa shape index (κ3) is 1.61. The van der Waals surface area contributed by atoms with Crippen LogP contribution >= 0.6 is 23.2 Å². The molecule has 0 amide bonds. The fourth-order valence-corrected chi connectivity index (χ4v) is 2.63. The van der Waals surface area contributed by atoms with Crippen LogP contribution in [-0.4, -0.2) is 13.9 Å². The van der Waals surface area contributed by atoms with Crippen LogP contribution in [-0.2, 0) is 6.54 Å². The fraction of sp³-hybridized carbons (Fsp3) is 0.417. The molecular weight excluding hydrogens is 243 g/mol. The maximum absolute atomic E-state index is 6.06. The van der Waals surface area contributed by atoms with Crippen LogP contribution < -0.4 is 0 Å². The van der Waals surface area contributed by atoms with Crippen molar-refractivity contribution in [2.45, 2.75) is 24.2 Å². The standard InChI is InChI=1S/C12H12Cl2N2/c1-8-15-10-4-2-3-5-11(10)16(8)7-9-6-12(9,13)14/h2-5,9H,6-7H2,1H3. The van der Waals surface area contributed by atoms with Crippen LogP contribution in [0.2, 0.25) is 0 Å². The molecule has 1 atom stereocenters. The van der Waals surface area contributed by atoms with Crippen molar-refractivity contribution >= 4 is 34.2 Å². The Kier molecular flexibility index (Phi) is 2.20. The highest BCUT2D eigenvalue weighted by Crippen LogP contribution is 2.54. The van der Waals surface area contributed by atoms with Gasteiger partial charge in [-0.2, -0.15) is 0 Å². The van der Waals surface area contributed by atoms with E-state index in [1.165, 1.54) is 0 Å². The molecule has 4 heteroatoms. The van der Waals surface area contributed by atoms with Gasteiger partial charge in [0.25, 0.3) is 0 Å². The Balaban J connectivity index is 2.00. The molecule has 0 saturated heterocycles. The number of hydrogen-bond donors (Lipinski definition) is 0. The van der Waals surface area contributed by atoms with Crippen LogP contribution in [0.5, 0.6) is 0 Å². The number of halogens is 2. The van der Waals surface area contributed by atoms with Gasteiger partial charge in [-0.3, -0.25) is 0 Å². The second-order valence-electron chi connectivity index (χ2n) is 4.42. The summed E-state index contributed by atoms with van der Waals surface area (Å²) in [6.45, 7) is 2.88. The molecule has 0 radical (unpaired) electrons. The van der Waals surface area contributed by atoms with E-state index in [0.29, 0.717) is 5.92 Å². The lowest BCUT2D eigenvalue weighted by Crippen LogP contribution is -2.05. The summed E-state index contributed by atoms with van der Waals surface area (Å²) in [5.41, 5.74) is 2.20. The number of hydrogen-bond acceptors (Lipinski definition) is 1. The van der Waals surface area contributed by atoms with Gasteiger partial charge in [0.15, 0.2) is 0 Å². The van der Waals surface area contributed by atoms with Gasteiger partial charge in [-0.25, -0.2) is 4.98 Å². The lowest BCUT2D eigenvalue weighted by atomic mass is 10.3. The number of fused-ring (bicyclic) bond motifs is 1. The first-order chi connectivity index (χ1) is 7.58. The topological polar surface area (TPSA) is 17.8 Å². The van der Waals surface area contributed by atoms with Crippen molar-refractivity contribution in [3.63, 3.8) is 0 Å². The third-order valence-electron chi connectivity index (χ3n) is 3.20. The molecular formula is C12H12Cl2N2. The smallest absolute Gasteiger partial charge is 0.123 e. The third-order valence-corrected chi connectivity index (χ3v) is 4.13. The normalized spacial score (nSPS) is 22.6. The number of nitrogens with zero attached hydrogens (tertiary/aromatic N) is 2. The quantitative estimate of drug-likeness (QED) is 0.750. The summed E-state index contributed by atoms with van der Waals surface area (Å²) in [5, 5.41) is 0. The Hall–Kier alpha value is -0.730. The van der Waals surface area contributed by atoms with Gasteiger partial charge in [-0.15, -0.1) is 23.2 Å². The van der Waals surface area contributed by atoms with Crippen molar-refractivity contribution in [3.8, 4) is 0 Å². The van der Waals surface area contributed by atoms with Crippen molar-refractivity contribution in [3.05, 3.63) is 30.1 Å². The fourth-order valence-electron chi connectivity index (χ4n) is 2.11. The predicted molar refractivity (Wildman–Crippen MR) is 67.0 cm³/mol. The largest absolute Gasteiger partial charge is 0.328 e. The van der Waals surface area contributed by atoms with Crippen molar-refractivity contribution in [1.29, 1.82) is 0 Å². The zero-order chi connectivity index (χ0) is 11.3. The van der Waals surface area contributed by atoms with Crippen molar-refractivity contribution in [1.82, 2.24) is 9.55 Å². The van der Waals surface area contributed by atoms with Crippen molar-refractivity contribution in [2.24, 2.45) is 5.92 Å². The molecule has 1 aliphatic carbocycles. The minimum absolute atomic E-state index is 0.354. The van der Waals surface area contributed by atoms with Gasteiger partial charge in [-0.1, -0.05) is 12.1 Å². The summed E-state index contributed by atoms with van der Waals surface area (Å²) in [6, 6.07) is 8.15. The molecule has 2 nitrogen and oxygen atoms in total. The first-order valence-corrected chi connectivity index (χ1v) is 6.13. The van der Waals surface area contributed by atoms with Gasteiger partial charge in [-0.05, 0) is 25.5 Å². The Bertz CT molecular complexity index is 545. The average Bonchev–Trinajstić information content (AvgIpc) is 2.69. The van der Waals surface area contributed by atoms with Crippen LogP contribution in [0.3, 0.4) is 0 Å². The Labute approximate surface area is 104 Å². The van der Waals surface area contributed by atoms with Gasteiger partial charge in [0.1, 0.15) is 10.2 Å². The van der Waals surface area contributed by atoms with E-state index in [-0.39, 0.29) is 0 Å². The van der Waals surface area contributed by atoms with E-state index < -0.39 is 4.33 Å². The number of aryl methyl sites for hydroxylation is 1. The highest BCUT2D eigenvalue weighted by Gasteiger charge is 2.51. The summed E-state index contributed by atoms with van der Waals surface area (Å²) < 4.78 is 1.68. The number of para-hydroxylation sites is 2. The van der Waals surface area contributed by atoms with Crippen LogP contribution in [0.1, 0.15) is 12.2 Å². The molecule has 1 saturated carbocycles. The predicted octanol–water partition coefficient (Wildman–Crippen LogP) is 3.54. The highest BCUT2D eigenvalue weighted by atomic mass is 35.5. The van der Waals surface area contributed by atoms with Crippen LogP contribution in [0, 0.1) is 12.8 Å². The van der Waals surface area contributed by atoms with Crippen LogP contribution in [0.25, 0.3) is 11.0 Å². The van der Waals surface area contributed by atoms with Crippen molar-refractivity contribution in [2.75, 3.05) is 0 Å². The van der Waals surface area contributed by atoms with E-state index in [4.69, 9.17) is 23.2 Å². The average molecular weight is 255 g/mol. The first kappa shape index (κ1) is 10.4. The second-order valence-corrected chi connectivity index (χ2v) is 5.96. The Morgan fingerprint density at radius 3 is 2.81 bits per heavy atom. The SMILES string of the molecule is Cc1nc2ccccc2n1CC1CC1(Cl)Cl. The molecule has 0 aliphatic heterocycles. The Morgan fingerprint density at radius 1 is 1.44 bits per heavy atom. The monoisotopic (exact) mass is 254 g/mol. The number of aromatic nitrogens is 2. The molecule has 1 fully saturated rings. The van der Waals surface area contributed by atoms with Gasteiger partial charge < -0.3 is 4.57 Å². The molecule has 1 aromatic carbocycles. The molecule has 3 rings (SSSR count). The highest BCUT2D eigenvalue weighted by molar-refractivity contribution is 6.50. The molecule has 16 heavy (non-hydrogen) atoms. The summed E-state index contributed by atoms with van der Waals surface area (Å²) in [7, 11) is 0.